The van der Waals surface area contributed by atoms with Crippen molar-refractivity contribution >= 4 is 51.7 Å². The van der Waals surface area contributed by atoms with Crippen molar-refractivity contribution in [1.29, 1.82) is 0 Å². The highest BCUT2D eigenvalue weighted by atomic mass is 35.5. The molecule has 3 aliphatic rings. The number of hydrogen-bond donors (Lipinski definition) is 1. The number of hydrogen-bond acceptors (Lipinski definition) is 7. The molecular formula is C28H28ClF4N5O3S. The lowest BCUT2D eigenvalue weighted by atomic mass is 9.99. The first kappa shape index (κ1) is 30.3. The fraction of sp³-hybridized carbons (Fsp3) is 0.464. The number of nitrogens with zero attached hydrogens (tertiary/aromatic N) is 4. The van der Waals surface area contributed by atoms with E-state index in [2.05, 4.69) is 15.3 Å². The number of nitrogens with one attached hydrogen (secondary N) is 1. The molecule has 1 saturated carbocycles. The lowest BCUT2D eigenvalue weighted by Crippen LogP contribution is -2.35. The van der Waals surface area contributed by atoms with E-state index in [1.54, 1.807) is 11.9 Å². The molecule has 5 heterocycles. The first-order chi connectivity index (χ1) is 19.3. The van der Waals surface area contributed by atoms with E-state index in [9.17, 15) is 27.6 Å². The molecule has 224 valence electrons. The Morgan fingerprint density at radius 1 is 1.21 bits per heavy atom. The third kappa shape index (κ3) is 4.56. The molecule has 6 rings (SSSR count). The first-order valence-electron chi connectivity index (χ1n) is 13.2. The smallest absolute Gasteiger partial charge is 0.337 e. The average molecular weight is 626 g/mol. The molecule has 0 aromatic carbocycles. The van der Waals surface area contributed by atoms with Crippen LogP contribution in [0.1, 0.15) is 46.8 Å². The van der Waals surface area contributed by atoms with Gasteiger partial charge in [-0.25, -0.2) is 9.37 Å². The van der Waals surface area contributed by atoms with Gasteiger partial charge in [0.1, 0.15) is 11.2 Å². The number of fused-ring (bicyclic) bond motifs is 2. The zero-order chi connectivity index (χ0) is 29.6. The van der Waals surface area contributed by atoms with Gasteiger partial charge in [0.15, 0.2) is 5.82 Å². The second-order valence-electron chi connectivity index (χ2n) is 11.5. The molecule has 3 amide bonds. The largest absolute Gasteiger partial charge is 0.433 e. The number of carbonyl (C=O) groups excluding carboxylic acids is 3. The minimum Gasteiger partial charge on any atom is -0.337 e. The topological polar surface area (TPSA) is 95.5 Å². The van der Waals surface area contributed by atoms with Gasteiger partial charge in [-0.15, -0.1) is 23.7 Å². The summed E-state index contributed by atoms with van der Waals surface area (Å²) in [6.07, 6.45) is -2.84. The molecular weight excluding hydrogens is 598 g/mol. The maximum atomic E-state index is 15.6. The number of alkyl halides is 3. The van der Waals surface area contributed by atoms with Crippen molar-refractivity contribution < 1.29 is 31.9 Å². The Balaban J connectivity index is 0.00000353. The van der Waals surface area contributed by atoms with Gasteiger partial charge in [0, 0.05) is 30.9 Å². The Bertz CT molecular complexity index is 1620. The molecule has 8 nitrogen and oxygen atoms in total. The van der Waals surface area contributed by atoms with Crippen LogP contribution in [0.15, 0.2) is 18.3 Å². The Hall–Kier alpha value is -3.16. The summed E-state index contributed by atoms with van der Waals surface area (Å²) in [5.41, 5.74) is -1.72. The van der Waals surface area contributed by atoms with Crippen LogP contribution >= 0.6 is 23.7 Å². The first-order valence-corrected chi connectivity index (χ1v) is 14.0. The fourth-order valence-corrected chi connectivity index (χ4v) is 7.36. The van der Waals surface area contributed by atoms with Gasteiger partial charge in [-0.2, -0.15) is 13.2 Å². The highest BCUT2D eigenvalue weighted by molar-refractivity contribution is 7.19. The quantitative estimate of drug-likeness (QED) is 0.323. The van der Waals surface area contributed by atoms with E-state index in [1.807, 2.05) is 13.8 Å². The molecule has 0 spiro atoms. The van der Waals surface area contributed by atoms with Crippen LogP contribution in [0.2, 0.25) is 0 Å². The predicted octanol–water partition coefficient (Wildman–Crippen LogP) is 4.82. The molecule has 3 atom stereocenters. The maximum Gasteiger partial charge on any atom is 0.433 e. The van der Waals surface area contributed by atoms with Gasteiger partial charge in [-0.05, 0) is 43.5 Å². The number of piperidine rings is 1. The summed E-state index contributed by atoms with van der Waals surface area (Å²) in [6.45, 7) is 5.62. The predicted molar refractivity (Wildman–Crippen MR) is 149 cm³/mol. The van der Waals surface area contributed by atoms with Crippen molar-refractivity contribution in [2.45, 2.75) is 46.0 Å². The van der Waals surface area contributed by atoms with Crippen LogP contribution in [-0.4, -0.2) is 63.7 Å². The summed E-state index contributed by atoms with van der Waals surface area (Å²) in [5.74, 6) is -2.80. The Kier molecular flexibility index (Phi) is 7.38. The van der Waals surface area contributed by atoms with E-state index in [0.717, 1.165) is 22.3 Å². The van der Waals surface area contributed by atoms with Gasteiger partial charge in [-0.3, -0.25) is 24.3 Å². The van der Waals surface area contributed by atoms with Crippen LogP contribution in [0.3, 0.4) is 0 Å². The summed E-state index contributed by atoms with van der Waals surface area (Å²) >= 11 is 0.888. The van der Waals surface area contributed by atoms with E-state index in [0.29, 0.717) is 19.5 Å². The van der Waals surface area contributed by atoms with Gasteiger partial charge >= 0.3 is 6.18 Å². The van der Waals surface area contributed by atoms with E-state index in [1.165, 1.54) is 19.2 Å². The molecule has 0 radical (unpaired) electrons. The van der Waals surface area contributed by atoms with Crippen molar-refractivity contribution in [3.05, 3.63) is 45.8 Å². The van der Waals surface area contributed by atoms with Crippen LogP contribution in [0, 0.1) is 30.0 Å². The Morgan fingerprint density at radius 3 is 2.48 bits per heavy atom. The minimum atomic E-state index is -4.78. The van der Waals surface area contributed by atoms with Crippen LogP contribution in [0.5, 0.6) is 0 Å². The van der Waals surface area contributed by atoms with Crippen molar-refractivity contribution in [3.8, 4) is 11.3 Å². The molecule has 3 aromatic heterocycles. The zero-order valence-corrected chi connectivity index (χ0v) is 24.8. The number of carbonyl (C=O) groups is 3. The van der Waals surface area contributed by atoms with Gasteiger partial charge in [-0.1, -0.05) is 13.8 Å². The lowest BCUT2D eigenvalue weighted by Gasteiger charge is -2.21. The molecule has 2 saturated heterocycles. The second kappa shape index (κ2) is 10.2. The molecule has 0 bridgehead atoms. The monoisotopic (exact) mass is 625 g/mol. The normalized spacial score (nSPS) is 23.0. The van der Waals surface area contributed by atoms with Gasteiger partial charge in [0.05, 0.1) is 39.2 Å². The van der Waals surface area contributed by atoms with Crippen molar-refractivity contribution in [2.24, 2.45) is 17.3 Å². The molecule has 1 aliphatic carbocycles. The molecule has 14 heteroatoms. The number of pyridine rings is 2. The van der Waals surface area contributed by atoms with Crippen molar-refractivity contribution in [1.82, 2.24) is 25.1 Å². The number of imide groups is 1. The number of thiophene rings is 1. The van der Waals surface area contributed by atoms with E-state index in [-0.39, 0.29) is 74.3 Å². The van der Waals surface area contributed by atoms with E-state index in [4.69, 9.17) is 0 Å². The highest BCUT2D eigenvalue weighted by Crippen LogP contribution is 2.63. The Labute approximate surface area is 248 Å². The van der Waals surface area contributed by atoms with E-state index >= 15 is 4.39 Å². The minimum absolute atomic E-state index is 0. The number of halogens is 5. The number of likely N-dealkylation sites (N-methyl/N-ethyl adjacent to an activating group) is 1. The summed E-state index contributed by atoms with van der Waals surface area (Å²) in [6, 6.07) is 2.31. The molecule has 3 fully saturated rings. The zero-order valence-electron chi connectivity index (χ0n) is 23.1. The summed E-state index contributed by atoms with van der Waals surface area (Å²) in [7, 11) is 1.78. The average Bonchev–Trinajstić information content (AvgIpc) is 3.26. The van der Waals surface area contributed by atoms with Crippen LogP contribution in [0.25, 0.3) is 21.5 Å². The standard InChI is InChI=1S/C28H27F4N5O3S.ClH/c1-12-9-16(28(30,31)32)35-21(17(12)24(38)36-8-6-13(10-36)33-4)14-5-7-34-22-20(29)15(41-23(14)22)11-37-25(39)18-19(26(37)40)27(18,2)3;/h5,7,9,13,18-19,33H,6,8,10-11H2,1-4H3;1H/t13-,18?,19?;/m0./s1. The van der Waals surface area contributed by atoms with Crippen LogP contribution in [0.4, 0.5) is 17.6 Å². The highest BCUT2D eigenvalue weighted by Gasteiger charge is 2.72. The molecule has 42 heavy (non-hydrogen) atoms. The number of aryl methyl sites for hydroxylation is 1. The maximum absolute atomic E-state index is 15.6. The fourth-order valence-electron chi connectivity index (χ4n) is 6.22. The van der Waals surface area contributed by atoms with E-state index < -0.39 is 40.8 Å². The van der Waals surface area contributed by atoms with Crippen LogP contribution in [-0.2, 0) is 22.3 Å². The number of amides is 3. The third-order valence-electron chi connectivity index (χ3n) is 8.64. The molecule has 3 aromatic rings. The third-order valence-corrected chi connectivity index (χ3v) is 9.81. The SMILES string of the molecule is CN[C@H]1CCN(C(=O)c2c(C)cc(C(F)(F)F)nc2-c2ccnc3c(F)c(CN4C(=O)C5C(C4=O)C5(C)C)sc23)C1.Cl. The summed E-state index contributed by atoms with van der Waals surface area (Å²) < 4.78 is 57.4. The van der Waals surface area contributed by atoms with Gasteiger partial charge in [0.2, 0.25) is 11.8 Å². The lowest BCUT2D eigenvalue weighted by molar-refractivity contribution is -0.144. The van der Waals surface area contributed by atoms with Crippen LogP contribution < -0.4 is 5.32 Å². The number of rotatable bonds is 5. The number of aromatic nitrogens is 2. The summed E-state index contributed by atoms with van der Waals surface area (Å²) in [5, 5.41) is 3.11. The number of likely N-dealkylation sites (tertiary alicyclic amines) is 2. The summed E-state index contributed by atoms with van der Waals surface area (Å²) in [4.78, 5) is 50.1. The van der Waals surface area contributed by atoms with Gasteiger partial charge < -0.3 is 10.2 Å². The molecule has 2 unspecified atom stereocenters. The van der Waals surface area contributed by atoms with Crippen molar-refractivity contribution in [3.63, 3.8) is 0 Å². The van der Waals surface area contributed by atoms with Crippen molar-refractivity contribution in [2.75, 3.05) is 20.1 Å². The Morgan fingerprint density at radius 2 is 1.88 bits per heavy atom. The molecule has 1 N–H and O–H groups in total. The molecule has 2 aliphatic heterocycles. The van der Waals surface area contributed by atoms with Gasteiger partial charge in [0.25, 0.3) is 5.91 Å². The second-order valence-corrected chi connectivity index (χ2v) is 12.6.